The summed E-state index contributed by atoms with van der Waals surface area (Å²) in [5, 5.41) is 2.91. The molecule has 2 aromatic carbocycles. The molecular weight excluding hydrogens is 318 g/mol. The Morgan fingerprint density at radius 3 is 2.76 bits per heavy atom. The largest absolute Gasteiger partial charge is 0.331 e. The highest BCUT2D eigenvalue weighted by atomic mass is 16.6. The fraction of sp³-hybridized carbons (Fsp3) is 0.263. The van der Waals surface area contributed by atoms with Crippen molar-refractivity contribution in [3.8, 4) is 0 Å². The Morgan fingerprint density at radius 2 is 1.88 bits per heavy atom. The van der Waals surface area contributed by atoms with E-state index in [-0.39, 0.29) is 11.8 Å². The number of carbonyl (C=O) groups excluding carboxylic acids is 2. The van der Waals surface area contributed by atoms with Crippen LogP contribution in [0.15, 0.2) is 48.5 Å². The standard InChI is InChI=1S/C19H17N3O3/c1-21-15-9-5-2-6-12(15)16(23)22-11-10-19(25-18(21)22)13-7-3-4-8-14(13)20-17(19)24/h2-9,18H,10-11H2,1H3,(H,20,24)/t18-,19-/m0/s1. The lowest BCUT2D eigenvalue weighted by Crippen LogP contribution is -2.63. The number of rotatable bonds is 0. The number of anilines is 2. The third-order valence-electron chi connectivity index (χ3n) is 5.36. The Kier molecular flexibility index (Phi) is 2.80. The van der Waals surface area contributed by atoms with Gasteiger partial charge in [-0.3, -0.25) is 14.5 Å². The molecule has 6 nitrogen and oxygen atoms in total. The molecule has 25 heavy (non-hydrogen) atoms. The van der Waals surface area contributed by atoms with Gasteiger partial charge in [-0.2, -0.15) is 0 Å². The summed E-state index contributed by atoms with van der Waals surface area (Å²) in [4.78, 5) is 29.2. The lowest BCUT2D eigenvalue weighted by molar-refractivity contribution is -0.189. The molecule has 0 saturated carbocycles. The minimum atomic E-state index is -1.04. The summed E-state index contributed by atoms with van der Waals surface area (Å²) in [6.07, 6.45) is -0.165. The predicted octanol–water partition coefficient (Wildman–Crippen LogP) is 2.13. The summed E-state index contributed by atoms with van der Waals surface area (Å²) in [6.45, 7) is 0.462. The average Bonchev–Trinajstić information content (AvgIpc) is 2.91. The van der Waals surface area contributed by atoms with Crippen LogP contribution in [0, 0.1) is 0 Å². The van der Waals surface area contributed by atoms with Gasteiger partial charge in [0.25, 0.3) is 11.8 Å². The SMILES string of the molecule is CN1c2ccccc2C(=O)N2CC[C@@]3(O[C@H]21)C(=O)Nc1ccccc13. The summed E-state index contributed by atoms with van der Waals surface area (Å²) in [7, 11) is 1.89. The summed E-state index contributed by atoms with van der Waals surface area (Å²) >= 11 is 0. The highest BCUT2D eigenvalue weighted by molar-refractivity contribution is 6.06. The van der Waals surface area contributed by atoms with Gasteiger partial charge in [0.15, 0.2) is 5.60 Å². The zero-order valence-electron chi connectivity index (χ0n) is 13.7. The summed E-state index contributed by atoms with van der Waals surface area (Å²) in [6, 6.07) is 15.1. The minimum absolute atomic E-state index is 0.0553. The van der Waals surface area contributed by atoms with Crippen molar-refractivity contribution in [3.05, 3.63) is 59.7 Å². The molecule has 2 atom stereocenters. The smallest absolute Gasteiger partial charge is 0.261 e. The van der Waals surface area contributed by atoms with Gasteiger partial charge in [0, 0.05) is 31.3 Å². The number of benzene rings is 2. The van der Waals surface area contributed by atoms with Crippen LogP contribution in [-0.2, 0) is 15.1 Å². The number of fused-ring (bicyclic) bond motifs is 4. The number of hydrogen-bond donors (Lipinski definition) is 1. The van der Waals surface area contributed by atoms with E-state index in [9.17, 15) is 9.59 Å². The lowest BCUT2D eigenvalue weighted by Gasteiger charge is -2.50. The van der Waals surface area contributed by atoms with Crippen LogP contribution in [-0.4, -0.2) is 36.7 Å². The van der Waals surface area contributed by atoms with Crippen molar-refractivity contribution in [2.75, 3.05) is 23.8 Å². The Balaban J connectivity index is 1.60. The first kappa shape index (κ1) is 14.5. The second kappa shape index (κ2) is 4.83. The van der Waals surface area contributed by atoms with Crippen LogP contribution in [0.25, 0.3) is 0 Å². The van der Waals surface area contributed by atoms with Crippen LogP contribution in [0.1, 0.15) is 22.3 Å². The van der Waals surface area contributed by atoms with Crippen molar-refractivity contribution in [2.24, 2.45) is 0 Å². The number of ether oxygens (including phenoxy) is 1. The van der Waals surface area contributed by atoms with E-state index in [2.05, 4.69) is 5.32 Å². The van der Waals surface area contributed by atoms with Gasteiger partial charge >= 0.3 is 0 Å². The number of nitrogens with one attached hydrogen (secondary N) is 1. The lowest BCUT2D eigenvalue weighted by atomic mass is 9.89. The van der Waals surface area contributed by atoms with Crippen molar-refractivity contribution in [3.63, 3.8) is 0 Å². The molecule has 0 unspecified atom stereocenters. The molecule has 0 aliphatic carbocycles. The molecule has 0 bridgehead atoms. The van der Waals surface area contributed by atoms with Crippen molar-refractivity contribution >= 4 is 23.2 Å². The van der Waals surface area contributed by atoms with Crippen LogP contribution >= 0.6 is 0 Å². The van der Waals surface area contributed by atoms with Crippen LogP contribution in [0.4, 0.5) is 11.4 Å². The molecule has 1 N–H and O–H groups in total. The van der Waals surface area contributed by atoms with E-state index in [1.807, 2.05) is 60.5 Å². The summed E-state index contributed by atoms with van der Waals surface area (Å²) < 4.78 is 6.34. The van der Waals surface area contributed by atoms with Crippen molar-refractivity contribution in [2.45, 2.75) is 18.4 Å². The van der Waals surface area contributed by atoms with E-state index in [1.54, 1.807) is 4.90 Å². The van der Waals surface area contributed by atoms with Crippen LogP contribution in [0.3, 0.4) is 0 Å². The third kappa shape index (κ3) is 1.77. The highest BCUT2D eigenvalue weighted by Gasteiger charge is 2.55. The molecule has 0 aromatic heterocycles. The monoisotopic (exact) mass is 335 g/mol. The Hall–Kier alpha value is -2.86. The molecule has 2 amide bonds. The Morgan fingerprint density at radius 1 is 1.12 bits per heavy atom. The van der Waals surface area contributed by atoms with Crippen LogP contribution in [0.2, 0.25) is 0 Å². The minimum Gasteiger partial charge on any atom is -0.331 e. The Labute approximate surface area is 145 Å². The van der Waals surface area contributed by atoms with Crippen LogP contribution < -0.4 is 10.2 Å². The molecule has 1 fully saturated rings. The van der Waals surface area contributed by atoms with Crippen molar-refractivity contribution in [1.82, 2.24) is 4.90 Å². The third-order valence-corrected chi connectivity index (χ3v) is 5.36. The molecule has 3 aliphatic heterocycles. The van der Waals surface area contributed by atoms with Gasteiger partial charge in [-0.15, -0.1) is 0 Å². The van der Waals surface area contributed by atoms with Crippen molar-refractivity contribution in [1.29, 1.82) is 0 Å². The molecule has 1 spiro atoms. The van der Waals surface area contributed by atoms with Gasteiger partial charge in [0.1, 0.15) is 0 Å². The summed E-state index contributed by atoms with van der Waals surface area (Å²) in [5.41, 5.74) is 2.07. The predicted molar refractivity (Wildman–Crippen MR) is 92.1 cm³/mol. The van der Waals surface area contributed by atoms with Crippen LogP contribution in [0.5, 0.6) is 0 Å². The molecule has 3 aliphatic rings. The van der Waals surface area contributed by atoms with E-state index in [0.29, 0.717) is 18.5 Å². The second-order valence-corrected chi connectivity index (χ2v) is 6.65. The average molecular weight is 335 g/mol. The zero-order valence-corrected chi connectivity index (χ0v) is 13.7. The summed E-state index contributed by atoms with van der Waals surface area (Å²) in [5.74, 6) is -0.215. The van der Waals surface area contributed by atoms with E-state index in [4.69, 9.17) is 4.74 Å². The molecule has 3 heterocycles. The van der Waals surface area contributed by atoms with Gasteiger partial charge in [-0.1, -0.05) is 30.3 Å². The van der Waals surface area contributed by atoms with E-state index in [0.717, 1.165) is 16.9 Å². The normalized spacial score (nSPS) is 27.0. The molecule has 5 rings (SSSR count). The van der Waals surface area contributed by atoms with Gasteiger partial charge in [-0.25, -0.2) is 0 Å². The maximum absolute atomic E-state index is 12.8. The molecular formula is C19H17N3O3. The zero-order chi connectivity index (χ0) is 17.2. The molecule has 126 valence electrons. The van der Waals surface area contributed by atoms with E-state index < -0.39 is 12.0 Å². The number of carbonyl (C=O) groups is 2. The first-order chi connectivity index (χ1) is 12.1. The van der Waals surface area contributed by atoms with Gasteiger partial charge in [0.05, 0.1) is 11.3 Å². The number of amides is 2. The van der Waals surface area contributed by atoms with Gasteiger partial charge in [-0.05, 0) is 18.2 Å². The number of nitrogens with zero attached hydrogens (tertiary/aromatic N) is 2. The molecule has 1 saturated heterocycles. The van der Waals surface area contributed by atoms with E-state index in [1.165, 1.54) is 0 Å². The maximum atomic E-state index is 12.8. The van der Waals surface area contributed by atoms with Crippen molar-refractivity contribution < 1.29 is 14.3 Å². The van der Waals surface area contributed by atoms with Gasteiger partial charge < -0.3 is 15.0 Å². The Bertz CT molecular complexity index is 912. The first-order valence-electron chi connectivity index (χ1n) is 8.33. The van der Waals surface area contributed by atoms with E-state index >= 15 is 0 Å². The number of hydrogen-bond acceptors (Lipinski definition) is 4. The molecule has 0 radical (unpaired) electrons. The highest BCUT2D eigenvalue weighted by Crippen LogP contribution is 2.46. The molecule has 2 aromatic rings. The number of para-hydroxylation sites is 2. The first-order valence-corrected chi connectivity index (χ1v) is 8.33. The topological polar surface area (TPSA) is 61.9 Å². The maximum Gasteiger partial charge on any atom is 0.261 e. The second-order valence-electron chi connectivity index (χ2n) is 6.65. The quantitative estimate of drug-likeness (QED) is 0.801. The fourth-order valence-electron chi connectivity index (χ4n) is 4.07. The molecule has 6 heteroatoms. The fourth-order valence-corrected chi connectivity index (χ4v) is 4.07. The van der Waals surface area contributed by atoms with Gasteiger partial charge in [0.2, 0.25) is 6.35 Å².